The van der Waals surface area contributed by atoms with Crippen molar-refractivity contribution in [3.05, 3.63) is 69.9 Å². The highest BCUT2D eigenvalue weighted by Gasteiger charge is 2.17. The molecular weight excluding hydrogens is 366 g/mol. The zero-order chi connectivity index (χ0) is 20.4. The molecule has 1 aromatic carbocycles. The second kappa shape index (κ2) is 7.87. The molecule has 4 rings (SSSR count). The third-order valence-electron chi connectivity index (χ3n) is 5.26. The van der Waals surface area contributed by atoms with Crippen LogP contribution in [-0.4, -0.2) is 34.5 Å². The topological polar surface area (TPSA) is 91.0 Å². The summed E-state index contributed by atoms with van der Waals surface area (Å²) in [6, 6.07) is 9.62. The third-order valence-corrected chi connectivity index (χ3v) is 5.26. The molecular formula is C22H23N5O2. The van der Waals surface area contributed by atoms with Gasteiger partial charge in [-0.2, -0.15) is 0 Å². The van der Waals surface area contributed by atoms with E-state index in [1.165, 1.54) is 5.56 Å². The van der Waals surface area contributed by atoms with Gasteiger partial charge in [0.15, 0.2) is 0 Å². The minimum Gasteiger partial charge on any atom is -0.374 e. The van der Waals surface area contributed by atoms with Gasteiger partial charge in [0.25, 0.3) is 5.56 Å². The predicted octanol–water partition coefficient (Wildman–Crippen LogP) is 2.70. The molecule has 29 heavy (non-hydrogen) atoms. The van der Waals surface area contributed by atoms with Crippen LogP contribution in [0.1, 0.15) is 23.2 Å². The molecule has 2 N–H and O–H groups in total. The van der Waals surface area contributed by atoms with Gasteiger partial charge >= 0.3 is 0 Å². The first-order chi connectivity index (χ1) is 14.0. The number of carbonyl (C=O) groups excluding carboxylic acids is 1. The van der Waals surface area contributed by atoms with Gasteiger partial charge in [0, 0.05) is 60.6 Å². The molecule has 2 aromatic heterocycles. The van der Waals surface area contributed by atoms with Gasteiger partial charge in [-0.15, -0.1) is 0 Å². The Hall–Kier alpha value is -3.48. The lowest BCUT2D eigenvalue weighted by Crippen LogP contribution is -2.20. The summed E-state index contributed by atoms with van der Waals surface area (Å²) >= 11 is 0. The van der Waals surface area contributed by atoms with Crippen LogP contribution < -0.4 is 15.8 Å². The number of carbonyl (C=O) groups is 1. The van der Waals surface area contributed by atoms with Crippen molar-refractivity contribution in [2.24, 2.45) is 0 Å². The van der Waals surface area contributed by atoms with Crippen LogP contribution >= 0.6 is 0 Å². The number of anilines is 2. The average molecular weight is 389 g/mol. The number of likely N-dealkylation sites (N-methyl/N-ethyl adjacent to an activating group) is 1. The molecule has 0 bridgehead atoms. The Labute approximate surface area is 168 Å². The van der Waals surface area contributed by atoms with Crippen LogP contribution in [0.3, 0.4) is 0 Å². The van der Waals surface area contributed by atoms with Gasteiger partial charge < -0.3 is 15.2 Å². The van der Waals surface area contributed by atoms with E-state index < -0.39 is 0 Å². The maximum atomic E-state index is 12.5. The number of aromatic nitrogens is 3. The van der Waals surface area contributed by atoms with E-state index in [2.05, 4.69) is 38.3 Å². The zero-order valence-corrected chi connectivity index (χ0v) is 16.5. The summed E-state index contributed by atoms with van der Waals surface area (Å²) in [5.74, 6) is 0.358. The molecule has 1 aliphatic heterocycles. The van der Waals surface area contributed by atoms with Gasteiger partial charge in [0.1, 0.15) is 5.82 Å². The van der Waals surface area contributed by atoms with Crippen LogP contribution in [0.25, 0.3) is 11.4 Å². The highest BCUT2D eigenvalue weighted by Crippen LogP contribution is 2.29. The minimum atomic E-state index is -0.219. The summed E-state index contributed by atoms with van der Waals surface area (Å²) in [6.07, 6.45) is 4.90. The highest BCUT2D eigenvalue weighted by molar-refractivity contribution is 5.91. The Bertz CT molecular complexity index is 1110. The van der Waals surface area contributed by atoms with Crippen molar-refractivity contribution in [1.29, 1.82) is 0 Å². The van der Waals surface area contributed by atoms with E-state index in [1.54, 1.807) is 25.4 Å². The van der Waals surface area contributed by atoms with E-state index in [0.29, 0.717) is 23.5 Å². The number of aromatic amines is 1. The number of nitrogens with one attached hydrogen (secondary N) is 2. The predicted molar refractivity (Wildman–Crippen MR) is 113 cm³/mol. The van der Waals surface area contributed by atoms with Gasteiger partial charge in [-0.3, -0.25) is 14.6 Å². The van der Waals surface area contributed by atoms with Gasteiger partial charge in [0.2, 0.25) is 5.91 Å². The lowest BCUT2D eigenvalue weighted by Gasteiger charge is -2.13. The van der Waals surface area contributed by atoms with Gasteiger partial charge in [-0.1, -0.05) is 6.07 Å². The Morgan fingerprint density at radius 1 is 1.31 bits per heavy atom. The van der Waals surface area contributed by atoms with Crippen LogP contribution in [0.2, 0.25) is 0 Å². The maximum Gasteiger partial charge on any atom is 0.254 e. The Balaban J connectivity index is 1.43. The van der Waals surface area contributed by atoms with E-state index >= 15 is 0 Å². The van der Waals surface area contributed by atoms with E-state index in [4.69, 9.17) is 0 Å². The van der Waals surface area contributed by atoms with E-state index in [9.17, 15) is 9.59 Å². The van der Waals surface area contributed by atoms with E-state index in [1.807, 2.05) is 18.2 Å². The first-order valence-corrected chi connectivity index (χ1v) is 9.65. The monoisotopic (exact) mass is 389 g/mol. The van der Waals surface area contributed by atoms with Crippen LogP contribution in [0.4, 0.5) is 11.4 Å². The Morgan fingerprint density at radius 2 is 2.17 bits per heavy atom. The summed E-state index contributed by atoms with van der Waals surface area (Å²) in [5, 5.41) is 2.93. The summed E-state index contributed by atoms with van der Waals surface area (Å²) in [7, 11) is 2.05. The molecule has 7 heteroatoms. The maximum absolute atomic E-state index is 12.5. The number of aryl methyl sites for hydroxylation is 1. The summed E-state index contributed by atoms with van der Waals surface area (Å²) in [5.41, 5.74) is 4.92. The third kappa shape index (κ3) is 4.03. The molecule has 0 radical (unpaired) electrons. The molecule has 1 amide bonds. The standard InChI is InChI=1S/C22H23N5O2/c1-14-18(22(29)26-21(24-14)16-4-3-10-23-13-16)7-8-20(28)25-17-6-5-15-9-11-27(2)19(15)12-17/h3-6,10,12-13H,7-9,11H2,1-2H3,(H,25,28)(H,24,26,29). The van der Waals surface area contributed by atoms with E-state index in [-0.39, 0.29) is 17.9 Å². The number of pyridine rings is 1. The van der Waals surface area contributed by atoms with Gasteiger partial charge in [-0.25, -0.2) is 4.98 Å². The minimum absolute atomic E-state index is 0.124. The quantitative estimate of drug-likeness (QED) is 0.700. The normalized spacial score (nSPS) is 12.7. The fourth-order valence-corrected chi connectivity index (χ4v) is 3.62. The van der Waals surface area contributed by atoms with Crippen molar-refractivity contribution < 1.29 is 4.79 Å². The number of H-pyrrole nitrogens is 1. The average Bonchev–Trinajstić information content (AvgIpc) is 3.08. The summed E-state index contributed by atoms with van der Waals surface area (Å²) < 4.78 is 0. The number of amides is 1. The zero-order valence-electron chi connectivity index (χ0n) is 16.5. The van der Waals surface area contributed by atoms with Crippen LogP contribution in [0, 0.1) is 6.92 Å². The molecule has 3 aromatic rings. The number of fused-ring (bicyclic) bond motifs is 1. The molecule has 148 valence electrons. The van der Waals surface area contributed by atoms with Crippen molar-refractivity contribution in [1.82, 2.24) is 15.0 Å². The van der Waals surface area contributed by atoms with Crippen LogP contribution in [0.15, 0.2) is 47.5 Å². The first-order valence-electron chi connectivity index (χ1n) is 9.65. The van der Waals surface area contributed by atoms with E-state index in [0.717, 1.165) is 29.9 Å². The Morgan fingerprint density at radius 3 is 2.93 bits per heavy atom. The highest BCUT2D eigenvalue weighted by atomic mass is 16.1. The van der Waals surface area contributed by atoms with Gasteiger partial charge in [-0.05, 0) is 49.6 Å². The molecule has 0 saturated heterocycles. The SMILES string of the molecule is Cc1nc(-c2cccnc2)[nH]c(=O)c1CCC(=O)Nc1ccc2c(c1)N(C)CC2. The molecule has 7 nitrogen and oxygen atoms in total. The molecule has 3 heterocycles. The fraction of sp³-hybridized carbons (Fsp3) is 0.273. The molecule has 0 saturated carbocycles. The molecule has 0 unspecified atom stereocenters. The van der Waals surface area contributed by atoms with Crippen molar-refractivity contribution in [2.75, 3.05) is 23.8 Å². The lowest BCUT2D eigenvalue weighted by atomic mass is 10.1. The Kier molecular flexibility index (Phi) is 5.12. The first kappa shape index (κ1) is 18.9. The molecule has 0 fully saturated rings. The van der Waals surface area contributed by atoms with Crippen molar-refractivity contribution in [3.8, 4) is 11.4 Å². The van der Waals surface area contributed by atoms with Crippen molar-refractivity contribution in [3.63, 3.8) is 0 Å². The number of hydrogen-bond acceptors (Lipinski definition) is 5. The van der Waals surface area contributed by atoms with Crippen molar-refractivity contribution in [2.45, 2.75) is 26.2 Å². The summed E-state index contributed by atoms with van der Waals surface area (Å²) in [6.45, 7) is 2.79. The molecule has 1 aliphatic rings. The largest absolute Gasteiger partial charge is 0.374 e. The number of nitrogens with zero attached hydrogens (tertiary/aromatic N) is 3. The summed E-state index contributed by atoms with van der Waals surface area (Å²) in [4.78, 5) is 38.4. The van der Waals surface area contributed by atoms with Crippen LogP contribution in [0.5, 0.6) is 0 Å². The smallest absolute Gasteiger partial charge is 0.254 e. The number of benzene rings is 1. The molecule has 0 atom stereocenters. The van der Waals surface area contributed by atoms with Gasteiger partial charge in [0.05, 0.1) is 0 Å². The fourth-order valence-electron chi connectivity index (χ4n) is 3.62. The molecule has 0 spiro atoms. The van der Waals surface area contributed by atoms with Crippen LogP contribution in [-0.2, 0) is 17.6 Å². The second-order valence-corrected chi connectivity index (χ2v) is 7.28. The lowest BCUT2D eigenvalue weighted by molar-refractivity contribution is -0.116. The van der Waals surface area contributed by atoms with Crippen molar-refractivity contribution >= 4 is 17.3 Å². The second-order valence-electron chi connectivity index (χ2n) is 7.28. The number of hydrogen-bond donors (Lipinski definition) is 2. The number of rotatable bonds is 5. The molecule has 0 aliphatic carbocycles.